The molecule has 8 nitrogen and oxygen atoms in total. The van der Waals surface area contributed by atoms with Crippen molar-refractivity contribution in [2.24, 2.45) is 5.41 Å². The smallest absolute Gasteiger partial charge is 0.330 e. The van der Waals surface area contributed by atoms with Gasteiger partial charge in [0.15, 0.2) is 0 Å². The van der Waals surface area contributed by atoms with Crippen molar-refractivity contribution < 1.29 is 33.3 Å². The van der Waals surface area contributed by atoms with E-state index < -0.39 is 17.1 Å². The molecule has 0 bridgehead atoms. The van der Waals surface area contributed by atoms with E-state index in [0.717, 1.165) is 22.4 Å². The SMILES string of the molecule is CNC(C)(CC(C)(C)C)C(=O)OC(C)(C)CC(C)Oc1ccc(-c2ccc(OCCOC(=O)/C=C\c3ccccc3OC)cc2)cc1. The zero-order chi connectivity index (χ0) is 34.7. The van der Waals surface area contributed by atoms with Gasteiger partial charge in [-0.15, -0.1) is 0 Å². The monoisotopic (exact) mass is 645 g/mol. The molecular weight excluding hydrogens is 594 g/mol. The Morgan fingerprint density at radius 2 is 1.43 bits per heavy atom. The van der Waals surface area contributed by atoms with Crippen LogP contribution in [0.15, 0.2) is 78.9 Å². The molecule has 0 aliphatic carbocycles. The number of nitrogens with one attached hydrogen (secondary N) is 1. The van der Waals surface area contributed by atoms with Crippen LogP contribution in [0.3, 0.4) is 0 Å². The van der Waals surface area contributed by atoms with Crippen LogP contribution in [-0.2, 0) is 19.1 Å². The second kappa shape index (κ2) is 16.5. The van der Waals surface area contributed by atoms with Gasteiger partial charge in [-0.05, 0) is 94.1 Å². The van der Waals surface area contributed by atoms with Crippen LogP contribution in [0.4, 0.5) is 0 Å². The average molecular weight is 646 g/mol. The maximum absolute atomic E-state index is 13.1. The number of esters is 2. The lowest BCUT2D eigenvalue weighted by atomic mass is 9.80. The van der Waals surface area contributed by atoms with E-state index in [2.05, 4.69) is 26.1 Å². The summed E-state index contributed by atoms with van der Waals surface area (Å²) in [5.74, 6) is 1.39. The number of methoxy groups -OCH3 is 1. The fourth-order valence-electron chi connectivity index (χ4n) is 5.48. The molecule has 3 aromatic carbocycles. The molecule has 0 fully saturated rings. The van der Waals surface area contributed by atoms with E-state index >= 15 is 0 Å². The quantitative estimate of drug-likeness (QED) is 0.0956. The van der Waals surface area contributed by atoms with Crippen LogP contribution in [0.1, 0.15) is 66.9 Å². The highest BCUT2D eigenvalue weighted by molar-refractivity contribution is 5.87. The lowest BCUT2D eigenvalue weighted by molar-refractivity contribution is -0.167. The molecule has 0 aliphatic rings. The van der Waals surface area contributed by atoms with E-state index in [1.807, 2.05) is 100 Å². The summed E-state index contributed by atoms with van der Waals surface area (Å²) in [5, 5.41) is 3.16. The molecule has 0 aliphatic heterocycles. The van der Waals surface area contributed by atoms with Crippen LogP contribution >= 0.6 is 0 Å². The third kappa shape index (κ3) is 12.1. The molecule has 0 heterocycles. The summed E-state index contributed by atoms with van der Waals surface area (Å²) >= 11 is 0. The summed E-state index contributed by atoms with van der Waals surface area (Å²) in [7, 11) is 3.38. The van der Waals surface area contributed by atoms with Gasteiger partial charge in [0.05, 0.1) is 13.2 Å². The van der Waals surface area contributed by atoms with E-state index in [-0.39, 0.29) is 30.7 Å². The summed E-state index contributed by atoms with van der Waals surface area (Å²) in [4.78, 5) is 25.2. The Labute approximate surface area is 280 Å². The fourth-order valence-corrected chi connectivity index (χ4v) is 5.48. The zero-order valence-electron chi connectivity index (χ0n) is 29.3. The molecule has 8 heteroatoms. The Morgan fingerprint density at radius 1 is 0.830 bits per heavy atom. The average Bonchev–Trinajstić information content (AvgIpc) is 3.01. The van der Waals surface area contributed by atoms with Crippen LogP contribution in [0, 0.1) is 5.41 Å². The number of ether oxygens (including phenoxy) is 5. The first-order valence-corrected chi connectivity index (χ1v) is 16.0. The highest BCUT2D eigenvalue weighted by atomic mass is 16.6. The molecule has 2 unspecified atom stereocenters. The van der Waals surface area contributed by atoms with Gasteiger partial charge in [-0.1, -0.05) is 63.2 Å². The lowest BCUT2D eigenvalue weighted by Crippen LogP contribution is -2.53. The van der Waals surface area contributed by atoms with Crippen molar-refractivity contribution >= 4 is 18.0 Å². The van der Waals surface area contributed by atoms with Crippen molar-refractivity contribution in [3.63, 3.8) is 0 Å². The Kier molecular flexibility index (Phi) is 13.0. The number of carbonyl (C=O) groups excluding carboxylic acids is 2. The number of hydrogen-bond acceptors (Lipinski definition) is 8. The van der Waals surface area contributed by atoms with E-state index in [9.17, 15) is 9.59 Å². The van der Waals surface area contributed by atoms with Gasteiger partial charge in [-0.25, -0.2) is 4.79 Å². The zero-order valence-corrected chi connectivity index (χ0v) is 29.3. The van der Waals surface area contributed by atoms with Crippen LogP contribution in [0.25, 0.3) is 17.2 Å². The molecule has 1 N–H and O–H groups in total. The topological polar surface area (TPSA) is 92.3 Å². The minimum Gasteiger partial charge on any atom is -0.496 e. The number of para-hydroxylation sites is 1. The predicted octanol–water partition coefficient (Wildman–Crippen LogP) is 7.89. The summed E-state index contributed by atoms with van der Waals surface area (Å²) in [6.07, 6.45) is 4.05. The molecule has 47 heavy (non-hydrogen) atoms. The van der Waals surface area contributed by atoms with Crippen molar-refractivity contribution in [3.05, 3.63) is 84.4 Å². The highest BCUT2D eigenvalue weighted by Crippen LogP contribution is 2.31. The number of benzene rings is 3. The molecule has 254 valence electrons. The molecule has 0 radical (unpaired) electrons. The summed E-state index contributed by atoms with van der Waals surface area (Å²) in [6.45, 7) is 14.4. The molecule has 3 rings (SSSR count). The first kappa shape index (κ1) is 37.2. The third-order valence-electron chi connectivity index (χ3n) is 7.55. The molecule has 3 aromatic rings. The summed E-state index contributed by atoms with van der Waals surface area (Å²) in [5.41, 5.74) is 1.35. The van der Waals surface area contributed by atoms with Gasteiger partial charge in [0, 0.05) is 18.1 Å². The van der Waals surface area contributed by atoms with Crippen LogP contribution < -0.4 is 19.5 Å². The van der Waals surface area contributed by atoms with Gasteiger partial charge in [0.25, 0.3) is 0 Å². The van der Waals surface area contributed by atoms with Crippen molar-refractivity contribution in [1.29, 1.82) is 0 Å². The van der Waals surface area contributed by atoms with Crippen molar-refractivity contribution in [2.45, 2.75) is 78.6 Å². The highest BCUT2D eigenvalue weighted by Gasteiger charge is 2.40. The first-order chi connectivity index (χ1) is 22.1. The first-order valence-electron chi connectivity index (χ1n) is 16.0. The van der Waals surface area contributed by atoms with Crippen molar-refractivity contribution in [1.82, 2.24) is 5.32 Å². The molecule has 0 spiro atoms. The molecule has 0 aromatic heterocycles. The summed E-state index contributed by atoms with van der Waals surface area (Å²) in [6, 6.07) is 23.0. The Hall–Kier alpha value is -4.30. The van der Waals surface area contributed by atoms with Crippen LogP contribution in [0.5, 0.6) is 17.2 Å². The standard InChI is InChI=1S/C39H51NO7/c1-28(26-38(5,6)47-36(42)39(7,40-8)27-37(2,3)4)46-33-21-16-30(17-22-33)29-14-19-32(20-15-29)44-24-25-45-35(41)23-18-31-12-10-11-13-34(31)43-9/h10-23,28,40H,24-27H2,1-9H3/b23-18-. The van der Waals surface area contributed by atoms with Crippen molar-refractivity contribution in [3.8, 4) is 28.4 Å². The number of hydrogen-bond donors (Lipinski definition) is 1. The molecule has 0 amide bonds. The molecular formula is C39H51NO7. The second-order valence-electron chi connectivity index (χ2n) is 13.7. The normalized spacial score (nSPS) is 13.8. The van der Waals surface area contributed by atoms with Gasteiger partial charge in [-0.2, -0.15) is 0 Å². The van der Waals surface area contributed by atoms with E-state index in [0.29, 0.717) is 24.3 Å². The predicted molar refractivity (Wildman–Crippen MR) is 187 cm³/mol. The minimum absolute atomic E-state index is 0.0329. The Bertz CT molecular complexity index is 1470. The third-order valence-corrected chi connectivity index (χ3v) is 7.55. The summed E-state index contributed by atoms with van der Waals surface area (Å²) < 4.78 is 28.4. The van der Waals surface area contributed by atoms with Gasteiger partial charge < -0.3 is 29.0 Å². The van der Waals surface area contributed by atoms with Crippen molar-refractivity contribution in [2.75, 3.05) is 27.4 Å². The lowest BCUT2D eigenvalue weighted by Gasteiger charge is -2.37. The van der Waals surface area contributed by atoms with Gasteiger partial charge in [-0.3, -0.25) is 4.79 Å². The van der Waals surface area contributed by atoms with E-state index in [1.54, 1.807) is 20.2 Å². The van der Waals surface area contributed by atoms with Gasteiger partial charge in [0.2, 0.25) is 0 Å². The maximum Gasteiger partial charge on any atom is 0.330 e. The Morgan fingerprint density at radius 3 is 2.00 bits per heavy atom. The fraction of sp³-hybridized carbons (Fsp3) is 0.436. The Balaban J connectivity index is 1.45. The number of carbonyl (C=O) groups is 2. The van der Waals surface area contributed by atoms with E-state index in [1.165, 1.54) is 6.08 Å². The van der Waals surface area contributed by atoms with Gasteiger partial charge in [0.1, 0.15) is 41.6 Å². The molecule has 2 atom stereocenters. The number of rotatable bonds is 16. The largest absolute Gasteiger partial charge is 0.496 e. The minimum atomic E-state index is -0.773. The van der Waals surface area contributed by atoms with Crippen LogP contribution in [-0.4, -0.2) is 56.6 Å². The maximum atomic E-state index is 13.1. The van der Waals surface area contributed by atoms with Gasteiger partial charge >= 0.3 is 11.9 Å². The van der Waals surface area contributed by atoms with Crippen LogP contribution in [0.2, 0.25) is 0 Å². The molecule has 0 saturated heterocycles. The number of likely N-dealkylation sites (N-methyl/N-ethyl adjacent to an activating group) is 1. The molecule has 0 saturated carbocycles. The second-order valence-corrected chi connectivity index (χ2v) is 13.7. The van der Waals surface area contributed by atoms with E-state index in [4.69, 9.17) is 23.7 Å².